The highest BCUT2D eigenvalue weighted by atomic mass is 16.6. The summed E-state index contributed by atoms with van der Waals surface area (Å²) in [5.74, 6) is -0.377. The molecule has 0 bridgehead atoms. The van der Waals surface area contributed by atoms with Crippen molar-refractivity contribution in [3.05, 3.63) is 53.1 Å². The molecule has 2 atom stereocenters. The van der Waals surface area contributed by atoms with Gasteiger partial charge in [0.1, 0.15) is 6.10 Å². The maximum absolute atomic E-state index is 12.1. The van der Waals surface area contributed by atoms with Crippen molar-refractivity contribution < 1.29 is 24.5 Å². The summed E-state index contributed by atoms with van der Waals surface area (Å²) in [4.78, 5) is 24.7. The number of cyclic esters (lactones) is 1. The summed E-state index contributed by atoms with van der Waals surface area (Å²) in [7, 11) is 0. The first kappa shape index (κ1) is 19.1. The Balaban J connectivity index is 1.44. The van der Waals surface area contributed by atoms with E-state index in [9.17, 15) is 19.8 Å². The number of amides is 2. The van der Waals surface area contributed by atoms with Gasteiger partial charge in [0.25, 0.3) is 0 Å². The number of phenolic OH excluding ortho intramolecular Hbond substituents is 2. The van der Waals surface area contributed by atoms with E-state index in [1.807, 2.05) is 24.3 Å². The third-order valence-electron chi connectivity index (χ3n) is 5.32. The van der Waals surface area contributed by atoms with E-state index < -0.39 is 6.09 Å². The quantitative estimate of drug-likeness (QED) is 0.587. The second-order valence-corrected chi connectivity index (χ2v) is 7.39. The van der Waals surface area contributed by atoms with E-state index in [1.54, 1.807) is 17.0 Å². The summed E-state index contributed by atoms with van der Waals surface area (Å²) >= 11 is 0. The van der Waals surface area contributed by atoms with Gasteiger partial charge >= 0.3 is 6.09 Å². The van der Waals surface area contributed by atoms with E-state index in [0.29, 0.717) is 26.1 Å². The van der Waals surface area contributed by atoms with Gasteiger partial charge in [0.15, 0.2) is 11.5 Å². The standard InChI is InChI=1S/C21H23N3O5/c1-12(25)22-10-17-11-24(21(28)29-17)16-4-2-13(3-5-16)18-6-14-7-19(26)20(27)8-15(14)9-23-18/h2-5,7-8,17-18,23,26-27H,6,9-11H2,1H3,(H,22,25)/t17-,18?/m0/s1. The van der Waals surface area contributed by atoms with Gasteiger partial charge in [0.2, 0.25) is 5.91 Å². The lowest BCUT2D eigenvalue weighted by atomic mass is 9.91. The number of fused-ring (bicyclic) bond motifs is 1. The molecule has 152 valence electrons. The van der Waals surface area contributed by atoms with Crippen molar-refractivity contribution in [2.75, 3.05) is 18.0 Å². The minimum absolute atomic E-state index is 0.0681. The summed E-state index contributed by atoms with van der Waals surface area (Å²) in [5.41, 5.74) is 3.77. The fraction of sp³-hybridized carbons (Fsp3) is 0.333. The second kappa shape index (κ2) is 7.63. The van der Waals surface area contributed by atoms with E-state index in [0.717, 1.165) is 22.4 Å². The SMILES string of the molecule is CC(=O)NC[C@H]1CN(c2ccc(C3Cc4cc(O)c(O)cc4CN3)cc2)C(=O)O1. The zero-order chi connectivity index (χ0) is 20.5. The second-order valence-electron chi connectivity index (χ2n) is 7.39. The Labute approximate surface area is 168 Å². The number of carbonyl (C=O) groups is 2. The summed E-state index contributed by atoms with van der Waals surface area (Å²) in [6.07, 6.45) is -0.104. The number of nitrogens with one attached hydrogen (secondary N) is 2. The lowest BCUT2D eigenvalue weighted by molar-refractivity contribution is -0.119. The Bertz CT molecular complexity index is 944. The van der Waals surface area contributed by atoms with Gasteiger partial charge in [-0.05, 0) is 47.4 Å². The highest BCUT2D eigenvalue weighted by Gasteiger charge is 2.32. The highest BCUT2D eigenvalue weighted by Crippen LogP contribution is 2.34. The van der Waals surface area contributed by atoms with E-state index in [-0.39, 0.29) is 29.6 Å². The topological polar surface area (TPSA) is 111 Å². The molecule has 4 rings (SSSR count). The summed E-state index contributed by atoms with van der Waals surface area (Å²) < 4.78 is 5.30. The maximum atomic E-state index is 12.1. The number of carbonyl (C=O) groups excluding carboxylic acids is 2. The number of phenols is 2. The molecular formula is C21H23N3O5. The molecule has 0 aliphatic carbocycles. The Morgan fingerprint density at radius 2 is 1.90 bits per heavy atom. The van der Waals surface area contributed by atoms with Crippen LogP contribution in [0.15, 0.2) is 36.4 Å². The van der Waals surface area contributed by atoms with E-state index in [2.05, 4.69) is 10.6 Å². The van der Waals surface area contributed by atoms with Crippen molar-refractivity contribution in [2.45, 2.75) is 32.0 Å². The zero-order valence-electron chi connectivity index (χ0n) is 16.0. The third-order valence-corrected chi connectivity index (χ3v) is 5.32. The van der Waals surface area contributed by atoms with Gasteiger partial charge in [0, 0.05) is 25.2 Å². The maximum Gasteiger partial charge on any atom is 0.414 e. The van der Waals surface area contributed by atoms with E-state index in [4.69, 9.17) is 4.74 Å². The molecule has 8 heteroatoms. The first-order chi connectivity index (χ1) is 13.9. The van der Waals surface area contributed by atoms with Gasteiger partial charge in [-0.25, -0.2) is 4.79 Å². The van der Waals surface area contributed by atoms with Crippen LogP contribution in [0.3, 0.4) is 0 Å². The van der Waals surface area contributed by atoms with Gasteiger partial charge in [0.05, 0.1) is 13.1 Å². The smallest absolute Gasteiger partial charge is 0.414 e. The van der Waals surface area contributed by atoms with Gasteiger partial charge in [-0.1, -0.05) is 12.1 Å². The molecule has 0 radical (unpaired) electrons. The van der Waals surface area contributed by atoms with Crippen LogP contribution < -0.4 is 15.5 Å². The molecule has 2 amide bonds. The molecule has 1 fully saturated rings. The van der Waals surface area contributed by atoms with Crippen molar-refractivity contribution >= 4 is 17.7 Å². The lowest BCUT2D eigenvalue weighted by Gasteiger charge is -2.27. The lowest BCUT2D eigenvalue weighted by Crippen LogP contribution is -2.33. The minimum atomic E-state index is -0.423. The number of aromatic hydroxyl groups is 2. The summed E-state index contributed by atoms with van der Waals surface area (Å²) in [5, 5.41) is 25.5. The van der Waals surface area contributed by atoms with Gasteiger partial charge in [-0.3, -0.25) is 9.69 Å². The largest absolute Gasteiger partial charge is 0.504 e. The average molecular weight is 397 g/mol. The first-order valence-corrected chi connectivity index (χ1v) is 9.50. The summed E-state index contributed by atoms with van der Waals surface area (Å²) in [6.45, 7) is 2.70. The molecule has 0 aromatic heterocycles. The van der Waals surface area contributed by atoms with E-state index >= 15 is 0 Å². The number of anilines is 1. The minimum Gasteiger partial charge on any atom is -0.504 e. The fourth-order valence-corrected chi connectivity index (χ4v) is 3.76. The molecule has 1 unspecified atom stereocenters. The third kappa shape index (κ3) is 3.97. The van der Waals surface area contributed by atoms with Crippen LogP contribution in [-0.2, 0) is 22.5 Å². The molecule has 0 spiro atoms. The number of rotatable bonds is 4. The average Bonchev–Trinajstić information content (AvgIpc) is 3.08. The van der Waals surface area contributed by atoms with Gasteiger partial charge in [-0.15, -0.1) is 0 Å². The van der Waals surface area contributed by atoms with Crippen molar-refractivity contribution in [1.29, 1.82) is 0 Å². The fourth-order valence-electron chi connectivity index (χ4n) is 3.76. The monoisotopic (exact) mass is 397 g/mol. The molecule has 2 aliphatic rings. The van der Waals surface area contributed by atoms with Crippen molar-refractivity contribution in [1.82, 2.24) is 10.6 Å². The predicted molar refractivity (Wildman–Crippen MR) is 106 cm³/mol. The number of nitrogens with zero attached hydrogens (tertiary/aromatic N) is 1. The molecule has 0 saturated carbocycles. The molecule has 2 aromatic rings. The van der Waals surface area contributed by atoms with Crippen LogP contribution in [0, 0.1) is 0 Å². The predicted octanol–water partition coefficient (Wildman–Crippen LogP) is 1.95. The molecular weight excluding hydrogens is 374 g/mol. The van der Waals surface area contributed by atoms with Crippen molar-refractivity contribution in [3.8, 4) is 11.5 Å². The number of benzene rings is 2. The van der Waals surface area contributed by atoms with Crippen LogP contribution in [0.25, 0.3) is 0 Å². The van der Waals surface area contributed by atoms with Crippen LogP contribution in [0.5, 0.6) is 11.5 Å². The normalized spacial score (nSPS) is 20.9. The summed E-state index contributed by atoms with van der Waals surface area (Å²) in [6, 6.07) is 11.0. The molecule has 1 saturated heterocycles. The van der Waals surface area contributed by atoms with Crippen LogP contribution in [-0.4, -0.2) is 41.4 Å². The number of hydrogen-bond acceptors (Lipinski definition) is 6. The highest BCUT2D eigenvalue weighted by molar-refractivity contribution is 5.89. The van der Waals surface area contributed by atoms with Crippen molar-refractivity contribution in [3.63, 3.8) is 0 Å². The molecule has 4 N–H and O–H groups in total. The number of hydrogen-bond donors (Lipinski definition) is 4. The molecule has 2 aromatic carbocycles. The first-order valence-electron chi connectivity index (χ1n) is 9.50. The van der Waals surface area contributed by atoms with Crippen LogP contribution in [0.2, 0.25) is 0 Å². The Morgan fingerprint density at radius 1 is 1.21 bits per heavy atom. The van der Waals surface area contributed by atoms with Gasteiger partial charge in [-0.2, -0.15) is 0 Å². The Hall–Kier alpha value is -3.26. The molecule has 2 heterocycles. The Kier molecular flexibility index (Phi) is 5.02. The molecule has 8 nitrogen and oxygen atoms in total. The van der Waals surface area contributed by atoms with Crippen molar-refractivity contribution in [2.24, 2.45) is 0 Å². The molecule has 29 heavy (non-hydrogen) atoms. The van der Waals surface area contributed by atoms with Gasteiger partial charge < -0.3 is 25.6 Å². The zero-order valence-corrected chi connectivity index (χ0v) is 16.0. The van der Waals surface area contributed by atoms with Crippen LogP contribution >= 0.6 is 0 Å². The number of ether oxygens (including phenoxy) is 1. The van der Waals surface area contributed by atoms with Crippen LogP contribution in [0.4, 0.5) is 10.5 Å². The molecule has 2 aliphatic heterocycles. The Morgan fingerprint density at radius 3 is 2.59 bits per heavy atom. The van der Waals surface area contributed by atoms with E-state index in [1.165, 1.54) is 6.92 Å². The van der Waals surface area contributed by atoms with Crippen LogP contribution in [0.1, 0.15) is 29.7 Å².